The highest BCUT2D eigenvalue weighted by atomic mass is 16.5. The minimum atomic E-state index is 0.552. The molecule has 0 unspecified atom stereocenters. The van der Waals surface area contributed by atoms with Crippen molar-refractivity contribution in [2.24, 2.45) is 10.7 Å². The molecule has 1 saturated heterocycles. The molecule has 3 heterocycles. The largest absolute Gasteiger partial charge is 0.378 e. The van der Waals surface area contributed by atoms with E-state index in [1.54, 1.807) is 0 Å². The van der Waals surface area contributed by atoms with Gasteiger partial charge in [0.05, 0.1) is 31.5 Å². The van der Waals surface area contributed by atoms with Crippen LogP contribution in [0.5, 0.6) is 0 Å². The molecule has 19 heavy (non-hydrogen) atoms. The molecule has 1 fully saturated rings. The Balaban J connectivity index is 1.74. The zero-order valence-electron chi connectivity index (χ0n) is 10.7. The normalized spacial score (nSPS) is 17.1. The van der Waals surface area contributed by atoms with Crippen LogP contribution in [0.25, 0.3) is 5.52 Å². The van der Waals surface area contributed by atoms with Gasteiger partial charge in [0.15, 0.2) is 5.96 Å². The highest BCUT2D eigenvalue weighted by Crippen LogP contribution is 2.11. The number of nitrogens with zero attached hydrogens (tertiary/aromatic N) is 4. The third-order valence-corrected chi connectivity index (χ3v) is 3.25. The van der Waals surface area contributed by atoms with Gasteiger partial charge in [-0.1, -0.05) is 6.07 Å². The number of morpholine rings is 1. The third kappa shape index (κ3) is 2.53. The summed E-state index contributed by atoms with van der Waals surface area (Å²) in [6.45, 7) is 3.60. The second kappa shape index (κ2) is 5.27. The Hall–Kier alpha value is -2.08. The van der Waals surface area contributed by atoms with Gasteiger partial charge in [0.2, 0.25) is 0 Å². The second-order valence-corrected chi connectivity index (χ2v) is 4.47. The van der Waals surface area contributed by atoms with E-state index in [2.05, 4.69) is 15.0 Å². The number of fused-ring (bicyclic) bond motifs is 1. The molecule has 2 aromatic heterocycles. The van der Waals surface area contributed by atoms with Gasteiger partial charge in [0.1, 0.15) is 0 Å². The van der Waals surface area contributed by atoms with E-state index in [0.717, 1.165) is 24.2 Å². The summed E-state index contributed by atoms with van der Waals surface area (Å²) in [6.07, 6.45) is 3.76. The first kappa shape index (κ1) is 12.0. The lowest BCUT2D eigenvalue weighted by molar-refractivity contribution is 0.0674. The van der Waals surface area contributed by atoms with E-state index in [0.29, 0.717) is 25.7 Å². The molecule has 3 rings (SSSR count). The topological polar surface area (TPSA) is 68.1 Å². The molecular weight excluding hydrogens is 242 g/mol. The maximum Gasteiger partial charge on any atom is 0.191 e. The number of pyridine rings is 1. The molecule has 0 radical (unpaired) electrons. The quantitative estimate of drug-likeness (QED) is 0.629. The van der Waals surface area contributed by atoms with Crippen molar-refractivity contribution in [1.82, 2.24) is 14.5 Å². The molecule has 1 aliphatic rings. The van der Waals surface area contributed by atoms with Crippen LogP contribution in [0.3, 0.4) is 0 Å². The van der Waals surface area contributed by atoms with Crippen molar-refractivity contribution in [3.63, 3.8) is 0 Å². The molecule has 0 spiro atoms. The summed E-state index contributed by atoms with van der Waals surface area (Å²) in [7, 11) is 0. The predicted octanol–water partition coefficient (Wildman–Crippen LogP) is 0.481. The van der Waals surface area contributed by atoms with Crippen molar-refractivity contribution >= 4 is 11.5 Å². The van der Waals surface area contributed by atoms with Gasteiger partial charge in [0, 0.05) is 24.8 Å². The first-order valence-corrected chi connectivity index (χ1v) is 6.38. The van der Waals surface area contributed by atoms with Crippen LogP contribution in [0.4, 0.5) is 0 Å². The fourth-order valence-electron chi connectivity index (χ4n) is 2.17. The minimum absolute atomic E-state index is 0.552. The second-order valence-electron chi connectivity index (χ2n) is 4.47. The van der Waals surface area contributed by atoms with Crippen LogP contribution in [-0.4, -0.2) is 46.8 Å². The number of aromatic nitrogens is 2. The highest BCUT2D eigenvalue weighted by Gasteiger charge is 2.12. The lowest BCUT2D eigenvalue weighted by atomic mass is 10.2. The van der Waals surface area contributed by atoms with Crippen LogP contribution in [0.2, 0.25) is 0 Å². The van der Waals surface area contributed by atoms with Gasteiger partial charge in [-0.05, 0) is 12.1 Å². The molecule has 2 N–H and O–H groups in total. The SMILES string of the molecule is NC(=NCc1cnn2ccccc12)N1CCOCC1. The van der Waals surface area contributed by atoms with Crippen molar-refractivity contribution in [1.29, 1.82) is 0 Å². The van der Waals surface area contributed by atoms with E-state index in [-0.39, 0.29) is 0 Å². The average Bonchev–Trinajstić information content (AvgIpc) is 2.89. The van der Waals surface area contributed by atoms with Gasteiger partial charge >= 0.3 is 0 Å². The Morgan fingerprint density at radius 3 is 3.05 bits per heavy atom. The highest BCUT2D eigenvalue weighted by molar-refractivity contribution is 5.78. The van der Waals surface area contributed by atoms with E-state index in [1.807, 2.05) is 35.1 Å². The molecule has 100 valence electrons. The number of hydrogen-bond acceptors (Lipinski definition) is 3. The van der Waals surface area contributed by atoms with E-state index < -0.39 is 0 Å². The Bertz CT molecular complexity index is 585. The number of rotatable bonds is 2. The lowest BCUT2D eigenvalue weighted by Crippen LogP contribution is -2.44. The zero-order chi connectivity index (χ0) is 13.1. The van der Waals surface area contributed by atoms with Gasteiger partial charge in [-0.3, -0.25) is 0 Å². The molecule has 0 aliphatic carbocycles. The summed E-state index contributed by atoms with van der Waals surface area (Å²) in [5.41, 5.74) is 8.15. The Kier molecular flexibility index (Phi) is 3.33. The molecule has 1 aliphatic heterocycles. The van der Waals surface area contributed by atoms with Crippen LogP contribution < -0.4 is 5.73 Å². The predicted molar refractivity (Wildman–Crippen MR) is 72.9 cm³/mol. The number of aliphatic imine (C=N–C) groups is 1. The molecule has 0 bridgehead atoms. The van der Waals surface area contributed by atoms with Crippen LogP contribution >= 0.6 is 0 Å². The van der Waals surface area contributed by atoms with Gasteiger partial charge in [0.25, 0.3) is 0 Å². The van der Waals surface area contributed by atoms with Gasteiger partial charge in [-0.15, -0.1) is 0 Å². The maximum absolute atomic E-state index is 6.00. The molecule has 0 atom stereocenters. The number of nitrogens with two attached hydrogens (primary N) is 1. The van der Waals surface area contributed by atoms with Crippen molar-refractivity contribution in [2.75, 3.05) is 26.3 Å². The van der Waals surface area contributed by atoms with Crippen LogP contribution in [0.1, 0.15) is 5.56 Å². The monoisotopic (exact) mass is 259 g/mol. The van der Waals surface area contributed by atoms with Crippen LogP contribution in [0.15, 0.2) is 35.6 Å². The van der Waals surface area contributed by atoms with Crippen molar-refractivity contribution < 1.29 is 4.74 Å². The Morgan fingerprint density at radius 1 is 1.37 bits per heavy atom. The molecule has 6 heteroatoms. The molecule has 6 nitrogen and oxygen atoms in total. The zero-order valence-corrected chi connectivity index (χ0v) is 10.7. The summed E-state index contributed by atoms with van der Waals surface area (Å²) in [6, 6.07) is 5.98. The fraction of sp³-hybridized carbons (Fsp3) is 0.385. The Morgan fingerprint density at radius 2 is 2.21 bits per heavy atom. The number of hydrogen-bond donors (Lipinski definition) is 1. The minimum Gasteiger partial charge on any atom is -0.378 e. The van der Waals surface area contributed by atoms with Crippen molar-refractivity contribution in [2.45, 2.75) is 6.54 Å². The third-order valence-electron chi connectivity index (χ3n) is 3.25. The molecule has 0 amide bonds. The lowest BCUT2D eigenvalue weighted by Gasteiger charge is -2.27. The molecule has 0 aromatic carbocycles. The smallest absolute Gasteiger partial charge is 0.191 e. The summed E-state index contributed by atoms with van der Waals surface area (Å²) < 4.78 is 7.14. The van der Waals surface area contributed by atoms with E-state index in [1.165, 1.54) is 0 Å². The first-order valence-electron chi connectivity index (χ1n) is 6.38. The summed E-state index contributed by atoms with van der Waals surface area (Å²) in [4.78, 5) is 6.50. The summed E-state index contributed by atoms with van der Waals surface area (Å²) in [5.74, 6) is 0.582. The molecule has 0 saturated carbocycles. The maximum atomic E-state index is 6.00. The average molecular weight is 259 g/mol. The molecular formula is C13H17N5O. The fourth-order valence-corrected chi connectivity index (χ4v) is 2.17. The van der Waals surface area contributed by atoms with Crippen LogP contribution in [-0.2, 0) is 11.3 Å². The van der Waals surface area contributed by atoms with E-state index >= 15 is 0 Å². The first-order chi connectivity index (χ1) is 9.34. The standard InChI is InChI=1S/C13H17N5O/c14-13(17-5-7-19-8-6-17)15-9-11-10-16-18-4-2-1-3-12(11)18/h1-4,10H,5-9H2,(H2,14,15). The summed E-state index contributed by atoms with van der Waals surface area (Å²) in [5, 5.41) is 4.28. The van der Waals surface area contributed by atoms with Gasteiger partial charge < -0.3 is 15.4 Å². The summed E-state index contributed by atoms with van der Waals surface area (Å²) >= 11 is 0. The van der Waals surface area contributed by atoms with Gasteiger partial charge in [-0.25, -0.2) is 9.51 Å². The van der Waals surface area contributed by atoms with E-state index in [9.17, 15) is 0 Å². The van der Waals surface area contributed by atoms with Crippen LogP contribution in [0, 0.1) is 0 Å². The van der Waals surface area contributed by atoms with E-state index in [4.69, 9.17) is 10.5 Å². The van der Waals surface area contributed by atoms with Crippen molar-refractivity contribution in [3.8, 4) is 0 Å². The van der Waals surface area contributed by atoms with Crippen molar-refractivity contribution in [3.05, 3.63) is 36.2 Å². The molecule has 2 aromatic rings. The number of guanidine groups is 1. The number of ether oxygens (including phenoxy) is 1. The van der Waals surface area contributed by atoms with Gasteiger partial charge in [-0.2, -0.15) is 5.10 Å². The Labute approximate surface area is 111 Å².